The summed E-state index contributed by atoms with van der Waals surface area (Å²) in [6.07, 6.45) is 10.3. The average Bonchev–Trinajstić information content (AvgIpc) is 3.90. The lowest BCUT2D eigenvalue weighted by molar-refractivity contribution is -0.133. The first-order valence-electron chi connectivity index (χ1n) is 17.9. The van der Waals surface area contributed by atoms with Crippen molar-refractivity contribution in [3.63, 3.8) is 0 Å². The fourth-order valence-corrected chi connectivity index (χ4v) is 9.73. The van der Waals surface area contributed by atoms with Crippen molar-refractivity contribution in [3.05, 3.63) is 71.1 Å². The van der Waals surface area contributed by atoms with Crippen LogP contribution in [0.2, 0.25) is 0 Å². The molecule has 9 heteroatoms. The van der Waals surface area contributed by atoms with Gasteiger partial charge in [0, 0.05) is 30.1 Å². The van der Waals surface area contributed by atoms with Crippen LogP contribution in [-0.4, -0.2) is 75.7 Å². The van der Waals surface area contributed by atoms with Gasteiger partial charge in [-0.3, -0.25) is 4.79 Å². The van der Waals surface area contributed by atoms with Crippen LogP contribution in [0.5, 0.6) is 5.75 Å². The molecule has 3 aliphatic rings. The molecule has 8 nitrogen and oxygen atoms in total. The van der Waals surface area contributed by atoms with Crippen LogP contribution in [0.4, 0.5) is 0 Å². The number of methoxy groups -OCH3 is 1. The summed E-state index contributed by atoms with van der Waals surface area (Å²) in [7, 11) is 1.68. The predicted molar refractivity (Wildman–Crippen MR) is 196 cm³/mol. The molecule has 1 N–H and O–H groups in total. The number of para-hydroxylation sites is 1. The lowest BCUT2D eigenvalue weighted by Crippen LogP contribution is -2.46. The van der Waals surface area contributed by atoms with E-state index in [1.807, 2.05) is 35.2 Å². The second-order valence-electron chi connectivity index (χ2n) is 14.0. The standard InChI is InChI=1S/C40H44N4O4S/c1-48-34-12-6-5-11-30(34)32-16-13-27-23-28(14-15-31(27)41-32)38-37(26-9-3-2-4-10-26)39-33(24-35(49-39)40(46)47)44(38)25-36(45)43-21-17-29(18-22-43)42-19-7-8-20-42/h5-6,11-16,23-24,26,29H,2-4,7-10,17-22,25H2,1H3,(H,46,47). The average molecular weight is 677 g/mol. The molecule has 1 saturated carbocycles. The number of thiophene rings is 1. The number of likely N-dealkylation sites (tertiary alicyclic amines) is 2. The van der Waals surface area contributed by atoms with Crippen LogP contribution in [-0.2, 0) is 11.3 Å². The van der Waals surface area contributed by atoms with Crippen LogP contribution < -0.4 is 4.74 Å². The molecule has 3 aromatic heterocycles. The van der Waals surface area contributed by atoms with Crippen molar-refractivity contribution >= 4 is 44.3 Å². The Kier molecular flexibility index (Phi) is 8.89. The largest absolute Gasteiger partial charge is 0.496 e. The molecule has 254 valence electrons. The maximum absolute atomic E-state index is 14.1. The molecular formula is C40H44N4O4S. The highest BCUT2D eigenvalue weighted by Crippen LogP contribution is 2.47. The topological polar surface area (TPSA) is 87.9 Å². The second kappa shape index (κ2) is 13.6. The van der Waals surface area contributed by atoms with Crippen molar-refractivity contribution in [1.82, 2.24) is 19.4 Å². The smallest absolute Gasteiger partial charge is 0.345 e. The summed E-state index contributed by atoms with van der Waals surface area (Å²) in [5.41, 5.74) is 6.86. The van der Waals surface area contributed by atoms with Crippen LogP contribution in [0.1, 0.15) is 78.9 Å². The van der Waals surface area contributed by atoms with E-state index in [0.717, 1.165) is 101 Å². The highest BCUT2D eigenvalue weighted by molar-refractivity contribution is 7.21. The molecule has 3 fully saturated rings. The molecule has 5 aromatic rings. The van der Waals surface area contributed by atoms with Crippen LogP contribution in [0.15, 0.2) is 60.7 Å². The van der Waals surface area contributed by atoms with E-state index >= 15 is 0 Å². The molecular weight excluding hydrogens is 633 g/mol. The first-order valence-corrected chi connectivity index (χ1v) is 18.8. The second-order valence-corrected chi connectivity index (χ2v) is 15.0. The third-order valence-corrected chi connectivity index (χ3v) is 12.3. The molecule has 2 saturated heterocycles. The summed E-state index contributed by atoms with van der Waals surface area (Å²) < 4.78 is 8.78. The Balaban J connectivity index is 1.20. The number of amides is 1. The lowest BCUT2D eigenvalue weighted by Gasteiger charge is -2.36. The van der Waals surface area contributed by atoms with Crippen LogP contribution in [0.25, 0.3) is 43.6 Å². The van der Waals surface area contributed by atoms with Crippen molar-refractivity contribution < 1.29 is 19.4 Å². The summed E-state index contributed by atoms with van der Waals surface area (Å²) in [5, 5.41) is 11.1. The van der Waals surface area contributed by atoms with Crippen molar-refractivity contribution in [3.8, 4) is 28.3 Å². The molecule has 1 amide bonds. The van der Waals surface area contributed by atoms with E-state index in [-0.39, 0.29) is 12.5 Å². The van der Waals surface area contributed by atoms with Gasteiger partial charge in [-0.15, -0.1) is 11.3 Å². The van der Waals surface area contributed by atoms with Gasteiger partial charge in [-0.25, -0.2) is 9.78 Å². The molecule has 2 aromatic carbocycles. The maximum Gasteiger partial charge on any atom is 0.345 e. The highest BCUT2D eigenvalue weighted by Gasteiger charge is 2.32. The Labute approximate surface area is 291 Å². The Hall–Kier alpha value is -4.21. The van der Waals surface area contributed by atoms with Crippen LogP contribution >= 0.6 is 11.3 Å². The number of aromatic nitrogens is 2. The van der Waals surface area contributed by atoms with Gasteiger partial charge in [0.25, 0.3) is 0 Å². The number of fused-ring (bicyclic) bond motifs is 2. The first-order chi connectivity index (χ1) is 24.0. The molecule has 49 heavy (non-hydrogen) atoms. The van der Waals surface area contributed by atoms with Gasteiger partial charge in [-0.05, 0) is 105 Å². The van der Waals surface area contributed by atoms with Crippen LogP contribution in [0.3, 0.4) is 0 Å². The number of hydrogen-bond acceptors (Lipinski definition) is 6. The third kappa shape index (κ3) is 6.12. The van der Waals surface area contributed by atoms with E-state index in [1.165, 1.54) is 49.3 Å². The number of ether oxygens (including phenoxy) is 1. The fraction of sp³-hybridized carbons (Fsp3) is 0.425. The van der Waals surface area contributed by atoms with Gasteiger partial charge in [-0.2, -0.15) is 0 Å². The molecule has 0 unspecified atom stereocenters. The van der Waals surface area contributed by atoms with Gasteiger partial charge in [0.2, 0.25) is 5.91 Å². The van der Waals surface area contributed by atoms with E-state index in [2.05, 4.69) is 33.7 Å². The minimum Gasteiger partial charge on any atom is -0.496 e. The van der Waals surface area contributed by atoms with E-state index in [4.69, 9.17) is 9.72 Å². The summed E-state index contributed by atoms with van der Waals surface area (Å²) in [4.78, 5) is 36.4. The number of hydrogen-bond donors (Lipinski definition) is 1. The fourth-order valence-electron chi connectivity index (χ4n) is 8.60. The number of benzene rings is 2. The van der Waals surface area contributed by atoms with Crippen molar-refractivity contribution in [2.45, 2.75) is 76.3 Å². The first kappa shape index (κ1) is 32.0. The molecule has 0 spiro atoms. The molecule has 8 rings (SSSR count). The summed E-state index contributed by atoms with van der Waals surface area (Å²) >= 11 is 1.36. The zero-order chi connectivity index (χ0) is 33.5. The van der Waals surface area contributed by atoms with E-state index in [9.17, 15) is 14.7 Å². The molecule has 2 aliphatic heterocycles. The summed E-state index contributed by atoms with van der Waals surface area (Å²) in [5.74, 6) is 0.300. The Morgan fingerprint density at radius 2 is 1.67 bits per heavy atom. The van der Waals surface area contributed by atoms with Crippen molar-refractivity contribution in [2.75, 3.05) is 33.3 Å². The monoisotopic (exact) mass is 676 g/mol. The normalized spacial score (nSPS) is 18.1. The third-order valence-electron chi connectivity index (χ3n) is 11.1. The molecule has 0 radical (unpaired) electrons. The number of carbonyl (C=O) groups is 2. The lowest BCUT2D eigenvalue weighted by atomic mass is 9.83. The van der Waals surface area contributed by atoms with Gasteiger partial charge in [0.15, 0.2) is 0 Å². The van der Waals surface area contributed by atoms with Gasteiger partial charge in [0.05, 0.1) is 34.2 Å². The van der Waals surface area contributed by atoms with Gasteiger partial charge >= 0.3 is 5.97 Å². The van der Waals surface area contributed by atoms with Gasteiger partial charge in [0.1, 0.15) is 17.2 Å². The summed E-state index contributed by atoms with van der Waals surface area (Å²) in [6, 6.07) is 20.8. The number of pyridine rings is 1. The van der Waals surface area contributed by atoms with Crippen LogP contribution in [0, 0.1) is 0 Å². The molecule has 5 heterocycles. The van der Waals surface area contributed by atoms with Gasteiger partial charge in [-0.1, -0.05) is 43.5 Å². The number of carboxylic acids is 1. The minimum absolute atomic E-state index is 0.111. The van der Waals surface area contributed by atoms with Gasteiger partial charge < -0.3 is 24.2 Å². The Bertz CT molecular complexity index is 2010. The van der Waals surface area contributed by atoms with E-state index < -0.39 is 5.97 Å². The van der Waals surface area contributed by atoms with E-state index in [0.29, 0.717) is 16.8 Å². The molecule has 0 atom stereocenters. The number of aromatic carboxylic acids is 1. The predicted octanol–water partition coefficient (Wildman–Crippen LogP) is 8.43. The molecule has 0 bridgehead atoms. The number of piperidine rings is 1. The SMILES string of the molecule is COc1ccccc1-c1ccc2cc(-c3c(C4CCCCC4)c4sc(C(=O)O)cc4n3CC(=O)N3CCC(N4CCCC4)CC3)ccc2n1. The Morgan fingerprint density at radius 3 is 2.43 bits per heavy atom. The number of rotatable bonds is 8. The Morgan fingerprint density at radius 1 is 0.898 bits per heavy atom. The zero-order valence-electron chi connectivity index (χ0n) is 28.2. The quantitative estimate of drug-likeness (QED) is 0.178. The molecule has 1 aliphatic carbocycles. The summed E-state index contributed by atoms with van der Waals surface area (Å²) in [6.45, 7) is 4.11. The number of nitrogens with zero attached hydrogens (tertiary/aromatic N) is 4. The zero-order valence-corrected chi connectivity index (χ0v) is 29.0. The van der Waals surface area contributed by atoms with Crippen molar-refractivity contribution in [2.24, 2.45) is 0 Å². The number of carbonyl (C=O) groups excluding carboxylic acids is 1. The number of carboxylic acid groups (broad SMARTS) is 1. The van der Waals surface area contributed by atoms with E-state index in [1.54, 1.807) is 13.2 Å². The highest BCUT2D eigenvalue weighted by atomic mass is 32.1. The van der Waals surface area contributed by atoms with Crippen molar-refractivity contribution in [1.29, 1.82) is 0 Å². The maximum atomic E-state index is 14.1. The minimum atomic E-state index is -0.915.